The summed E-state index contributed by atoms with van der Waals surface area (Å²) in [4.78, 5) is 39.3. The van der Waals surface area contributed by atoms with Gasteiger partial charge in [0.2, 0.25) is 5.91 Å². The number of alkyl carbamates (subject to hydrolysis) is 1. The summed E-state index contributed by atoms with van der Waals surface area (Å²) >= 11 is 0. The number of carboxylic acid groups (broad SMARTS) is 1. The van der Waals surface area contributed by atoms with Crippen LogP contribution < -0.4 is 10.6 Å². The Hall–Kier alpha value is -2.61. The fourth-order valence-electron chi connectivity index (χ4n) is 3.73. The Bertz CT molecular complexity index is 734. The molecule has 8 nitrogen and oxygen atoms in total. The summed E-state index contributed by atoms with van der Waals surface area (Å²) in [6.07, 6.45) is 5.84. The molecular weight excluding hydrogens is 446 g/mol. The normalized spacial score (nSPS) is 12.9. The molecule has 0 saturated heterocycles. The maximum atomic E-state index is 12.8. The molecule has 0 aliphatic heterocycles. The number of benzene rings is 1. The molecule has 1 aromatic rings. The minimum absolute atomic E-state index is 0.0877. The number of rotatable bonds is 18. The van der Waals surface area contributed by atoms with E-state index in [1.165, 1.54) is 0 Å². The third-order valence-corrected chi connectivity index (χ3v) is 5.92. The zero-order valence-corrected chi connectivity index (χ0v) is 21.9. The second-order valence-electron chi connectivity index (χ2n) is 9.37. The zero-order chi connectivity index (χ0) is 26.1. The number of unbranched alkanes of at least 4 members (excludes halogenated alkanes) is 3. The van der Waals surface area contributed by atoms with Crippen LogP contribution in [0.5, 0.6) is 0 Å². The van der Waals surface area contributed by atoms with Crippen LogP contribution in [0.3, 0.4) is 0 Å². The Morgan fingerprint density at radius 2 is 1.51 bits per heavy atom. The highest BCUT2D eigenvalue weighted by molar-refractivity contribution is 5.89. The van der Waals surface area contributed by atoms with Gasteiger partial charge in [0, 0.05) is 0 Å². The molecule has 1 rings (SSSR count). The average molecular weight is 492 g/mol. The van der Waals surface area contributed by atoms with Crippen molar-refractivity contribution in [3.05, 3.63) is 35.9 Å². The van der Waals surface area contributed by atoms with Crippen molar-refractivity contribution in [2.75, 3.05) is 19.6 Å². The summed E-state index contributed by atoms with van der Waals surface area (Å²) in [6, 6.07) is 7.36. The summed E-state index contributed by atoms with van der Waals surface area (Å²) in [6.45, 7) is 11.1. The lowest BCUT2D eigenvalue weighted by atomic mass is 10.0. The van der Waals surface area contributed by atoms with Crippen LogP contribution in [0.2, 0.25) is 0 Å². The molecule has 0 heterocycles. The van der Waals surface area contributed by atoms with Crippen molar-refractivity contribution in [1.82, 2.24) is 15.5 Å². The van der Waals surface area contributed by atoms with Crippen molar-refractivity contribution >= 4 is 18.0 Å². The van der Waals surface area contributed by atoms with Crippen molar-refractivity contribution in [2.45, 2.75) is 91.3 Å². The molecule has 0 aliphatic carbocycles. The monoisotopic (exact) mass is 491 g/mol. The summed E-state index contributed by atoms with van der Waals surface area (Å²) in [5.74, 6) is -1.82. The zero-order valence-electron chi connectivity index (χ0n) is 21.9. The third kappa shape index (κ3) is 13.2. The average Bonchev–Trinajstić information content (AvgIpc) is 2.84. The van der Waals surface area contributed by atoms with Gasteiger partial charge < -0.3 is 25.4 Å². The summed E-state index contributed by atoms with van der Waals surface area (Å²) in [7, 11) is 0. The predicted octanol–water partition coefficient (Wildman–Crippen LogP) is 4.58. The molecule has 0 unspecified atom stereocenters. The van der Waals surface area contributed by atoms with Gasteiger partial charge in [-0.3, -0.25) is 4.79 Å². The van der Waals surface area contributed by atoms with Crippen LogP contribution in [0.25, 0.3) is 0 Å². The van der Waals surface area contributed by atoms with Gasteiger partial charge in [0.25, 0.3) is 0 Å². The van der Waals surface area contributed by atoms with Crippen LogP contribution in [0.4, 0.5) is 4.79 Å². The van der Waals surface area contributed by atoms with Gasteiger partial charge in [-0.2, -0.15) is 0 Å². The van der Waals surface area contributed by atoms with Crippen molar-refractivity contribution in [1.29, 1.82) is 0 Å². The van der Waals surface area contributed by atoms with E-state index < -0.39 is 30.1 Å². The van der Waals surface area contributed by atoms with Crippen molar-refractivity contribution in [3.8, 4) is 0 Å². The third-order valence-electron chi connectivity index (χ3n) is 5.92. The first-order valence-electron chi connectivity index (χ1n) is 13.0. The molecule has 0 fully saturated rings. The Morgan fingerprint density at radius 3 is 2.06 bits per heavy atom. The van der Waals surface area contributed by atoms with Crippen LogP contribution in [-0.4, -0.2) is 59.7 Å². The Labute approximate surface area is 210 Å². The number of carbonyl (C=O) groups excluding carboxylic acids is 2. The van der Waals surface area contributed by atoms with Gasteiger partial charge in [-0.15, -0.1) is 0 Å². The standard InChI is InChI=1S/C27H45N3O5/c1-5-7-17-30(18-8-6-2)19-13-12-16-23(26(32)33)28-25(31)24(21(3)4)29-27(34)35-20-22-14-10-9-11-15-22/h9-11,14-15,21,23-24H,5-8,12-13,16-20H2,1-4H3,(H,28,31)(H,29,34)(H,32,33)/t23-,24-/m0/s1. The van der Waals surface area contributed by atoms with Crippen LogP contribution in [0.1, 0.15) is 78.2 Å². The van der Waals surface area contributed by atoms with E-state index in [1.54, 1.807) is 13.8 Å². The molecule has 198 valence electrons. The minimum Gasteiger partial charge on any atom is -0.480 e. The van der Waals surface area contributed by atoms with Gasteiger partial charge in [-0.25, -0.2) is 9.59 Å². The summed E-state index contributed by atoms with van der Waals surface area (Å²) < 4.78 is 5.22. The van der Waals surface area contributed by atoms with Gasteiger partial charge in [-0.05, 0) is 63.2 Å². The molecule has 0 radical (unpaired) electrons. The van der Waals surface area contributed by atoms with Gasteiger partial charge >= 0.3 is 12.1 Å². The van der Waals surface area contributed by atoms with Crippen LogP contribution >= 0.6 is 0 Å². The number of hydrogen-bond acceptors (Lipinski definition) is 5. The van der Waals surface area contributed by atoms with Gasteiger partial charge in [0.15, 0.2) is 0 Å². The highest BCUT2D eigenvalue weighted by Crippen LogP contribution is 2.09. The van der Waals surface area contributed by atoms with E-state index >= 15 is 0 Å². The van der Waals surface area contributed by atoms with Crippen LogP contribution in [0.15, 0.2) is 30.3 Å². The molecule has 35 heavy (non-hydrogen) atoms. The molecule has 0 aromatic heterocycles. The fraction of sp³-hybridized carbons (Fsp3) is 0.667. The first-order chi connectivity index (χ1) is 16.8. The molecule has 8 heteroatoms. The lowest BCUT2D eigenvalue weighted by molar-refractivity contribution is -0.142. The van der Waals surface area contributed by atoms with E-state index in [1.807, 2.05) is 30.3 Å². The van der Waals surface area contributed by atoms with E-state index in [0.717, 1.165) is 57.3 Å². The number of nitrogens with zero attached hydrogens (tertiary/aromatic N) is 1. The Kier molecular flexibility index (Phi) is 15.4. The van der Waals surface area contributed by atoms with Crippen molar-refractivity contribution in [3.63, 3.8) is 0 Å². The van der Waals surface area contributed by atoms with E-state index in [4.69, 9.17) is 4.74 Å². The number of ether oxygens (including phenoxy) is 1. The molecule has 0 bridgehead atoms. The van der Waals surface area contributed by atoms with E-state index in [0.29, 0.717) is 12.8 Å². The SMILES string of the molecule is CCCCN(CCCC)CCCC[C@H](NC(=O)[C@@H](NC(=O)OCc1ccccc1)C(C)C)C(=O)O. The summed E-state index contributed by atoms with van der Waals surface area (Å²) in [5.41, 5.74) is 0.835. The van der Waals surface area contributed by atoms with Gasteiger partial charge in [0.05, 0.1) is 0 Å². The topological polar surface area (TPSA) is 108 Å². The molecular formula is C27H45N3O5. The van der Waals surface area contributed by atoms with Gasteiger partial charge in [-0.1, -0.05) is 70.9 Å². The molecule has 0 aliphatic rings. The molecule has 2 atom stereocenters. The smallest absolute Gasteiger partial charge is 0.408 e. The van der Waals surface area contributed by atoms with E-state index in [9.17, 15) is 19.5 Å². The molecule has 0 spiro atoms. The Balaban J connectivity index is 2.54. The largest absolute Gasteiger partial charge is 0.480 e. The molecule has 2 amide bonds. The molecule has 3 N–H and O–H groups in total. The predicted molar refractivity (Wildman–Crippen MR) is 138 cm³/mol. The summed E-state index contributed by atoms with van der Waals surface area (Å²) in [5, 5.41) is 14.8. The minimum atomic E-state index is -1.07. The van der Waals surface area contributed by atoms with Crippen LogP contribution in [-0.2, 0) is 20.9 Å². The van der Waals surface area contributed by atoms with Crippen molar-refractivity contribution < 1.29 is 24.2 Å². The van der Waals surface area contributed by atoms with Crippen LogP contribution in [0, 0.1) is 5.92 Å². The first-order valence-corrected chi connectivity index (χ1v) is 13.0. The second kappa shape index (κ2) is 17.8. The fourth-order valence-corrected chi connectivity index (χ4v) is 3.73. The highest BCUT2D eigenvalue weighted by atomic mass is 16.5. The number of aliphatic carboxylic acids is 1. The lowest BCUT2D eigenvalue weighted by Crippen LogP contribution is -2.53. The number of nitrogens with one attached hydrogen (secondary N) is 2. The highest BCUT2D eigenvalue weighted by Gasteiger charge is 2.29. The quantitative estimate of drug-likeness (QED) is 0.260. The number of hydrogen-bond donors (Lipinski definition) is 3. The number of carboxylic acids is 1. The number of amides is 2. The Morgan fingerprint density at radius 1 is 0.914 bits per heavy atom. The van der Waals surface area contributed by atoms with E-state index in [-0.39, 0.29) is 12.5 Å². The number of carbonyl (C=O) groups is 3. The molecule has 0 saturated carbocycles. The van der Waals surface area contributed by atoms with Gasteiger partial charge in [0.1, 0.15) is 18.7 Å². The second-order valence-corrected chi connectivity index (χ2v) is 9.37. The first kappa shape index (κ1) is 30.4. The lowest BCUT2D eigenvalue weighted by Gasteiger charge is -2.24. The maximum Gasteiger partial charge on any atom is 0.408 e. The van der Waals surface area contributed by atoms with E-state index in [2.05, 4.69) is 29.4 Å². The van der Waals surface area contributed by atoms with Crippen molar-refractivity contribution in [2.24, 2.45) is 5.92 Å². The maximum absolute atomic E-state index is 12.8. The molecule has 1 aromatic carbocycles.